The largest absolute Gasteiger partial charge is 0.368 e. The molecule has 2 aromatic rings. The van der Waals surface area contributed by atoms with E-state index in [1.165, 1.54) is 5.56 Å². The Hall–Kier alpha value is -2.14. The second-order valence-corrected chi connectivity index (χ2v) is 7.36. The molecule has 0 radical (unpaired) electrons. The van der Waals surface area contributed by atoms with Crippen molar-refractivity contribution < 1.29 is 4.79 Å². The highest BCUT2D eigenvalue weighted by atomic mass is 35.5. The summed E-state index contributed by atoms with van der Waals surface area (Å²) in [5.41, 5.74) is 8.21. The molecule has 1 saturated heterocycles. The number of carbonyl (C=O) groups is 1. The van der Waals surface area contributed by atoms with Crippen LogP contribution in [0.15, 0.2) is 30.3 Å². The normalized spacial score (nSPS) is 17.3. The maximum Gasteiger partial charge on any atom is 0.272 e. The summed E-state index contributed by atoms with van der Waals surface area (Å²) in [4.78, 5) is 23.0. The van der Waals surface area contributed by atoms with Crippen LogP contribution in [0.2, 0.25) is 5.02 Å². The van der Waals surface area contributed by atoms with Gasteiger partial charge in [0.25, 0.3) is 5.91 Å². The van der Waals surface area contributed by atoms with Gasteiger partial charge in [-0.3, -0.25) is 4.79 Å². The molecular weight excluding hydrogens is 336 g/mol. The van der Waals surface area contributed by atoms with Gasteiger partial charge < -0.3 is 10.6 Å². The Labute approximate surface area is 153 Å². The number of likely N-dealkylation sites (tertiary alicyclic amines) is 1. The number of nitrogens with zero attached hydrogens (tertiary/aromatic N) is 3. The highest BCUT2D eigenvalue weighted by molar-refractivity contribution is 6.30. The van der Waals surface area contributed by atoms with Gasteiger partial charge in [0.1, 0.15) is 5.69 Å². The molecule has 1 fully saturated rings. The van der Waals surface area contributed by atoms with Crippen molar-refractivity contribution in [3.05, 3.63) is 52.3 Å². The molecule has 1 aliphatic rings. The van der Waals surface area contributed by atoms with Crippen LogP contribution in [0.4, 0.5) is 5.95 Å². The van der Waals surface area contributed by atoms with Gasteiger partial charge in [-0.1, -0.05) is 37.6 Å². The van der Waals surface area contributed by atoms with Gasteiger partial charge in [-0.25, -0.2) is 9.97 Å². The molecule has 5 nitrogen and oxygen atoms in total. The van der Waals surface area contributed by atoms with E-state index in [2.05, 4.69) is 9.97 Å². The number of nitrogen functional groups attached to an aromatic ring is 1. The summed E-state index contributed by atoms with van der Waals surface area (Å²) in [7, 11) is 0. The third-order valence-corrected chi connectivity index (χ3v) is 4.84. The number of nitrogens with two attached hydrogens (primary N) is 1. The number of hydrogen-bond donors (Lipinski definition) is 1. The number of halogens is 1. The quantitative estimate of drug-likeness (QED) is 0.907. The Kier molecular flexibility index (Phi) is 5.23. The van der Waals surface area contributed by atoms with Crippen molar-refractivity contribution >= 4 is 23.5 Å². The second kappa shape index (κ2) is 7.40. The van der Waals surface area contributed by atoms with Crippen LogP contribution in [-0.2, 0) is 6.42 Å². The summed E-state index contributed by atoms with van der Waals surface area (Å²) >= 11 is 5.93. The van der Waals surface area contributed by atoms with E-state index in [1.54, 1.807) is 6.07 Å². The number of rotatable bonds is 4. The third kappa shape index (κ3) is 4.28. The van der Waals surface area contributed by atoms with E-state index in [0.29, 0.717) is 11.6 Å². The summed E-state index contributed by atoms with van der Waals surface area (Å²) in [6.07, 6.45) is 1.94. The number of aromatic nitrogens is 2. The molecule has 25 heavy (non-hydrogen) atoms. The fourth-order valence-electron chi connectivity index (χ4n) is 3.19. The number of benzene rings is 1. The Balaban J connectivity index is 1.67. The van der Waals surface area contributed by atoms with Crippen LogP contribution in [0, 0.1) is 5.92 Å². The molecule has 1 atom stereocenters. The smallest absolute Gasteiger partial charge is 0.272 e. The zero-order valence-electron chi connectivity index (χ0n) is 14.6. The topological polar surface area (TPSA) is 72.1 Å². The van der Waals surface area contributed by atoms with Crippen LogP contribution in [0.5, 0.6) is 0 Å². The highest BCUT2D eigenvalue weighted by Crippen LogP contribution is 2.24. The van der Waals surface area contributed by atoms with E-state index in [9.17, 15) is 4.79 Å². The summed E-state index contributed by atoms with van der Waals surface area (Å²) in [5, 5.41) is 0.745. The molecule has 0 saturated carbocycles. The Bertz CT molecular complexity index is 761. The molecule has 2 N–H and O–H groups in total. The van der Waals surface area contributed by atoms with Gasteiger partial charge in [0.05, 0.1) is 0 Å². The van der Waals surface area contributed by atoms with Crippen LogP contribution < -0.4 is 5.73 Å². The summed E-state index contributed by atoms with van der Waals surface area (Å²) in [6.45, 7) is 5.53. The lowest BCUT2D eigenvalue weighted by molar-refractivity contribution is 0.0781. The van der Waals surface area contributed by atoms with Crippen LogP contribution in [0.1, 0.15) is 47.9 Å². The van der Waals surface area contributed by atoms with Crippen molar-refractivity contribution in [1.29, 1.82) is 0 Å². The van der Waals surface area contributed by atoms with Crippen LogP contribution >= 0.6 is 11.6 Å². The molecule has 3 rings (SSSR count). The van der Waals surface area contributed by atoms with Crippen molar-refractivity contribution in [3.8, 4) is 0 Å². The SMILES string of the molecule is CC(C)c1cc(C(=O)N2CCC(Cc3ccc(Cl)cc3)C2)nc(N)n1. The lowest BCUT2D eigenvalue weighted by Crippen LogP contribution is -2.30. The maximum atomic E-state index is 12.8. The molecule has 2 heterocycles. The van der Waals surface area contributed by atoms with Gasteiger partial charge in [0.2, 0.25) is 5.95 Å². The first kappa shape index (κ1) is 17.7. The number of anilines is 1. The second-order valence-electron chi connectivity index (χ2n) is 6.93. The van der Waals surface area contributed by atoms with Crippen LogP contribution in [0.25, 0.3) is 0 Å². The zero-order valence-corrected chi connectivity index (χ0v) is 15.3. The lowest BCUT2D eigenvalue weighted by Gasteiger charge is -2.17. The molecule has 1 aromatic heterocycles. The molecular formula is C19H23ClN4O. The predicted octanol–water partition coefficient (Wildman–Crippen LogP) is 3.54. The fourth-order valence-corrected chi connectivity index (χ4v) is 3.32. The monoisotopic (exact) mass is 358 g/mol. The molecule has 1 aliphatic heterocycles. The van der Waals surface area contributed by atoms with Crippen molar-refractivity contribution in [2.75, 3.05) is 18.8 Å². The minimum atomic E-state index is -0.0605. The highest BCUT2D eigenvalue weighted by Gasteiger charge is 2.28. The van der Waals surface area contributed by atoms with Crippen LogP contribution in [-0.4, -0.2) is 33.9 Å². The number of amides is 1. The van der Waals surface area contributed by atoms with E-state index in [0.717, 1.165) is 36.6 Å². The van der Waals surface area contributed by atoms with Gasteiger partial charge in [-0.2, -0.15) is 0 Å². The van der Waals surface area contributed by atoms with E-state index < -0.39 is 0 Å². The van der Waals surface area contributed by atoms with Crippen molar-refractivity contribution in [1.82, 2.24) is 14.9 Å². The Morgan fingerprint density at radius 3 is 2.72 bits per heavy atom. The first-order chi connectivity index (χ1) is 11.9. The fraction of sp³-hybridized carbons (Fsp3) is 0.421. The van der Waals surface area contributed by atoms with E-state index in [-0.39, 0.29) is 17.8 Å². The van der Waals surface area contributed by atoms with Crippen molar-refractivity contribution in [3.63, 3.8) is 0 Å². The Morgan fingerprint density at radius 1 is 1.32 bits per heavy atom. The van der Waals surface area contributed by atoms with Gasteiger partial charge in [0.15, 0.2) is 0 Å². The van der Waals surface area contributed by atoms with E-state index in [4.69, 9.17) is 17.3 Å². The molecule has 0 bridgehead atoms. The molecule has 0 aliphatic carbocycles. The van der Waals surface area contributed by atoms with Crippen molar-refractivity contribution in [2.24, 2.45) is 5.92 Å². The van der Waals surface area contributed by atoms with Crippen molar-refractivity contribution in [2.45, 2.75) is 32.6 Å². The summed E-state index contributed by atoms with van der Waals surface area (Å²) in [5.74, 6) is 0.753. The molecule has 1 unspecified atom stereocenters. The molecule has 0 spiro atoms. The maximum absolute atomic E-state index is 12.8. The van der Waals surface area contributed by atoms with Crippen LogP contribution in [0.3, 0.4) is 0 Å². The number of hydrogen-bond acceptors (Lipinski definition) is 4. The minimum Gasteiger partial charge on any atom is -0.368 e. The van der Waals surface area contributed by atoms with Gasteiger partial charge in [-0.15, -0.1) is 0 Å². The van der Waals surface area contributed by atoms with E-state index in [1.807, 2.05) is 43.0 Å². The first-order valence-corrected chi connectivity index (χ1v) is 8.98. The number of carbonyl (C=O) groups excluding carboxylic acids is 1. The summed E-state index contributed by atoms with van der Waals surface area (Å²) in [6, 6.07) is 9.67. The molecule has 1 amide bonds. The zero-order chi connectivity index (χ0) is 18.0. The minimum absolute atomic E-state index is 0.0605. The predicted molar refractivity (Wildman–Crippen MR) is 99.7 cm³/mol. The van der Waals surface area contributed by atoms with E-state index >= 15 is 0 Å². The molecule has 1 aromatic carbocycles. The van der Waals surface area contributed by atoms with Gasteiger partial charge >= 0.3 is 0 Å². The Morgan fingerprint density at radius 2 is 2.04 bits per heavy atom. The average Bonchev–Trinajstić information content (AvgIpc) is 3.04. The molecule has 6 heteroatoms. The first-order valence-electron chi connectivity index (χ1n) is 8.60. The van der Waals surface area contributed by atoms with Gasteiger partial charge in [-0.05, 0) is 48.4 Å². The average molecular weight is 359 g/mol. The summed E-state index contributed by atoms with van der Waals surface area (Å²) < 4.78 is 0. The third-order valence-electron chi connectivity index (χ3n) is 4.58. The standard InChI is InChI=1S/C19H23ClN4O/c1-12(2)16-10-17(23-19(21)22-16)18(25)24-8-7-14(11-24)9-13-3-5-15(20)6-4-13/h3-6,10,12,14H,7-9,11H2,1-2H3,(H2,21,22,23). The lowest BCUT2D eigenvalue weighted by atomic mass is 9.99. The van der Waals surface area contributed by atoms with Gasteiger partial charge in [0, 0.05) is 23.8 Å². The molecule has 132 valence electrons.